The van der Waals surface area contributed by atoms with E-state index in [1.165, 1.54) is 6.07 Å². The van der Waals surface area contributed by atoms with Gasteiger partial charge < -0.3 is 4.74 Å². The minimum Gasteiger partial charge on any atom is -0.454 e. The molecule has 0 aromatic heterocycles. The van der Waals surface area contributed by atoms with Crippen molar-refractivity contribution in [3.05, 3.63) is 107 Å². The Morgan fingerprint density at radius 1 is 0.929 bits per heavy atom. The number of allylic oxidation sites excluding steroid dienone is 2. The zero-order valence-corrected chi connectivity index (χ0v) is 16.5. The number of para-hydroxylation sites is 1. The number of halogens is 3. The first-order chi connectivity index (χ1) is 13.4. The second kappa shape index (κ2) is 9.03. The van der Waals surface area contributed by atoms with Gasteiger partial charge in [0.25, 0.3) is 0 Å². The van der Waals surface area contributed by atoms with Crippen molar-refractivity contribution in [3.8, 4) is 11.5 Å². The lowest BCUT2D eigenvalue weighted by Crippen LogP contribution is -1.99. The largest absolute Gasteiger partial charge is 0.454 e. The third-order valence-electron chi connectivity index (χ3n) is 4.64. The molecule has 0 saturated carbocycles. The monoisotopic (exact) mass is 398 g/mol. The maximum Gasteiger partial charge on any atom is 0.165 e. The van der Waals surface area contributed by atoms with Gasteiger partial charge in [-0.1, -0.05) is 61.8 Å². The highest BCUT2D eigenvalue weighted by Gasteiger charge is 2.16. The van der Waals surface area contributed by atoms with Crippen LogP contribution in [0.25, 0.3) is 0 Å². The lowest BCUT2D eigenvalue weighted by atomic mass is 9.94. The van der Waals surface area contributed by atoms with Gasteiger partial charge in [-0.3, -0.25) is 0 Å². The van der Waals surface area contributed by atoms with Crippen LogP contribution < -0.4 is 4.74 Å². The van der Waals surface area contributed by atoms with Crippen molar-refractivity contribution in [1.82, 2.24) is 0 Å². The second-order valence-corrected chi connectivity index (χ2v) is 7.15. The van der Waals surface area contributed by atoms with Crippen molar-refractivity contribution in [3.63, 3.8) is 0 Å². The fourth-order valence-corrected chi connectivity index (χ4v) is 3.01. The van der Waals surface area contributed by atoms with E-state index in [-0.39, 0.29) is 17.5 Å². The van der Waals surface area contributed by atoms with Crippen LogP contribution in [0, 0.1) is 5.82 Å². The summed E-state index contributed by atoms with van der Waals surface area (Å²) in [5.41, 5.74) is 1.61. The summed E-state index contributed by atoms with van der Waals surface area (Å²) >= 11 is 5.91. The molecule has 3 rings (SSSR count). The van der Waals surface area contributed by atoms with Gasteiger partial charge in [-0.15, -0.1) is 0 Å². The van der Waals surface area contributed by atoms with Crippen LogP contribution >= 0.6 is 11.6 Å². The first-order valence-electron chi connectivity index (χ1n) is 9.09. The van der Waals surface area contributed by atoms with Gasteiger partial charge in [0.15, 0.2) is 11.6 Å². The lowest BCUT2D eigenvalue weighted by Gasteiger charge is -2.15. The zero-order chi connectivity index (χ0) is 20.1. The zero-order valence-electron chi connectivity index (χ0n) is 15.7. The van der Waals surface area contributed by atoms with Gasteiger partial charge in [-0.2, -0.15) is 0 Å². The molecule has 0 aliphatic carbocycles. The number of hydrogen-bond donors (Lipinski definition) is 0. The SMILES string of the molecule is CC(C=C(F)C(C)c1ccc(F)c(Oc2ccccc2)c1)c1ccc(Cl)cc1. The van der Waals surface area contributed by atoms with E-state index in [2.05, 4.69) is 0 Å². The Balaban J connectivity index is 1.80. The van der Waals surface area contributed by atoms with Gasteiger partial charge in [-0.25, -0.2) is 8.78 Å². The maximum atomic E-state index is 14.9. The van der Waals surface area contributed by atoms with Crippen molar-refractivity contribution in [1.29, 1.82) is 0 Å². The van der Waals surface area contributed by atoms with Crippen LogP contribution in [0.2, 0.25) is 5.02 Å². The Morgan fingerprint density at radius 3 is 2.25 bits per heavy atom. The molecule has 0 saturated heterocycles. The van der Waals surface area contributed by atoms with E-state index < -0.39 is 11.7 Å². The van der Waals surface area contributed by atoms with Crippen molar-refractivity contribution in [2.75, 3.05) is 0 Å². The predicted molar refractivity (Wildman–Crippen MR) is 110 cm³/mol. The molecule has 0 radical (unpaired) electrons. The van der Waals surface area contributed by atoms with Crippen LogP contribution in [0.3, 0.4) is 0 Å². The highest BCUT2D eigenvalue weighted by Crippen LogP contribution is 2.33. The maximum absolute atomic E-state index is 14.9. The fourth-order valence-electron chi connectivity index (χ4n) is 2.89. The number of hydrogen-bond acceptors (Lipinski definition) is 1. The van der Waals surface area contributed by atoms with Crippen LogP contribution in [0.4, 0.5) is 8.78 Å². The summed E-state index contributed by atoms with van der Waals surface area (Å²) in [6, 6.07) is 20.7. The molecule has 0 spiro atoms. The molecule has 0 amide bonds. The molecular formula is C24H21ClF2O. The highest BCUT2D eigenvalue weighted by atomic mass is 35.5. The van der Waals surface area contributed by atoms with Gasteiger partial charge in [0.05, 0.1) is 0 Å². The smallest absolute Gasteiger partial charge is 0.165 e. The summed E-state index contributed by atoms with van der Waals surface area (Å²) in [5.74, 6) is -0.792. The molecular weight excluding hydrogens is 378 g/mol. The van der Waals surface area contributed by atoms with Crippen LogP contribution in [-0.2, 0) is 0 Å². The second-order valence-electron chi connectivity index (χ2n) is 6.72. The topological polar surface area (TPSA) is 9.23 Å². The van der Waals surface area contributed by atoms with Gasteiger partial charge >= 0.3 is 0 Å². The molecule has 144 valence electrons. The van der Waals surface area contributed by atoms with E-state index in [0.29, 0.717) is 16.3 Å². The summed E-state index contributed by atoms with van der Waals surface area (Å²) in [5, 5.41) is 0.644. The average Bonchev–Trinajstić information content (AvgIpc) is 2.70. The molecule has 0 fully saturated rings. The summed E-state index contributed by atoms with van der Waals surface area (Å²) in [6.07, 6.45) is 1.58. The van der Waals surface area contributed by atoms with Crippen molar-refractivity contribution in [2.45, 2.75) is 25.7 Å². The van der Waals surface area contributed by atoms with E-state index >= 15 is 0 Å². The summed E-state index contributed by atoms with van der Waals surface area (Å²) < 4.78 is 34.6. The summed E-state index contributed by atoms with van der Waals surface area (Å²) in [6.45, 7) is 3.67. The molecule has 0 N–H and O–H groups in total. The Morgan fingerprint density at radius 2 is 1.57 bits per heavy atom. The van der Waals surface area contributed by atoms with E-state index in [1.54, 1.807) is 61.5 Å². The first-order valence-corrected chi connectivity index (χ1v) is 9.47. The fraction of sp³-hybridized carbons (Fsp3) is 0.167. The molecule has 3 aromatic carbocycles. The van der Waals surface area contributed by atoms with Gasteiger partial charge in [0.1, 0.15) is 11.6 Å². The van der Waals surface area contributed by atoms with Gasteiger partial charge in [-0.05, 0) is 53.6 Å². The molecule has 0 aliphatic rings. The minimum atomic E-state index is -0.520. The average molecular weight is 399 g/mol. The van der Waals surface area contributed by atoms with E-state index in [1.807, 2.05) is 25.1 Å². The predicted octanol–water partition coefficient (Wildman–Crippen LogP) is 8.03. The quantitative estimate of drug-likeness (QED) is 0.408. The number of rotatable bonds is 6. The van der Waals surface area contributed by atoms with Crippen molar-refractivity contribution >= 4 is 11.6 Å². The van der Waals surface area contributed by atoms with Crippen molar-refractivity contribution in [2.24, 2.45) is 0 Å². The van der Waals surface area contributed by atoms with Gasteiger partial charge in [0.2, 0.25) is 0 Å². The van der Waals surface area contributed by atoms with E-state index in [4.69, 9.17) is 16.3 Å². The molecule has 28 heavy (non-hydrogen) atoms. The normalized spacial score (nSPS) is 13.8. The molecule has 4 heteroatoms. The lowest BCUT2D eigenvalue weighted by molar-refractivity contribution is 0.440. The van der Waals surface area contributed by atoms with Crippen molar-refractivity contribution < 1.29 is 13.5 Å². The molecule has 0 heterocycles. The van der Waals surface area contributed by atoms with Crippen LogP contribution in [0.5, 0.6) is 11.5 Å². The minimum absolute atomic E-state index is 0.0779. The van der Waals surface area contributed by atoms with E-state index in [0.717, 1.165) is 5.56 Å². The summed E-state index contributed by atoms with van der Waals surface area (Å²) in [4.78, 5) is 0. The Labute approximate surface area is 169 Å². The van der Waals surface area contributed by atoms with Crippen LogP contribution in [0.15, 0.2) is 84.7 Å². The Kier molecular flexibility index (Phi) is 6.48. The molecule has 0 aliphatic heterocycles. The third-order valence-corrected chi connectivity index (χ3v) is 4.90. The molecule has 2 unspecified atom stereocenters. The number of benzene rings is 3. The van der Waals surface area contributed by atoms with Gasteiger partial charge in [0, 0.05) is 16.9 Å². The van der Waals surface area contributed by atoms with Crippen LogP contribution in [-0.4, -0.2) is 0 Å². The van der Waals surface area contributed by atoms with Crippen LogP contribution in [0.1, 0.15) is 36.8 Å². The first kappa shape index (κ1) is 20.1. The Bertz CT molecular complexity index is 952. The molecule has 0 bridgehead atoms. The molecule has 3 aromatic rings. The third kappa shape index (κ3) is 4.99. The Hall–Kier alpha value is -2.65. The van der Waals surface area contributed by atoms with E-state index in [9.17, 15) is 8.78 Å². The molecule has 1 nitrogen and oxygen atoms in total. The summed E-state index contributed by atoms with van der Waals surface area (Å²) in [7, 11) is 0. The highest BCUT2D eigenvalue weighted by molar-refractivity contribution is 6.30. The number of ether oxygens (including phenoxy) is 1. The molecule has 2 atom stereocenters. The standard InChI is InChI=1S/C24H21ClF2O/c1-16(18-8-11-20(25)12-9-18)14-23(27)17(2)19-10-13-22(26)24(15-19)28-21-6-4-3-5-7-21/h3-17H,1-2H3.